The Balaban J connectivity index is 1.53. The largest absolute Gasteiger partial charge is 0.347 e. The van der Waals surface area contributed by atoms with E-state index in [1.165, 1.54) is 6.92 Å². The second-order valence-electron chi connectivity index (χ2n) is 5.53. The molecule has 10 heteroatoms. The molecule has 0 saturated carbocycles. The van der Waals surface area contributed by atoms with Gasteiger partial charge in [-0.05, 0) is 12.1 Å². The monoisotopic (exact) mass is 357 g/mol. The summed E-state index contributed by atoms with van der Waals surface area (Å²) < 4.78 is 4.91. The summed E-state index contributed by atoms with van der Waals surface area (Å²) in [5, 5.41) is 8.68. The molecule has 134 valence electrons. The van der Waals surface area contributed by atoms with Gasteiger partial charge in [0.2, 0.25) is 17.7 Å². The molecule has 2 N–H and O–H groups in total. The van der Waals surface area contributed by atoms with Crippen LogP contribution in [0.25, 0.3) is 0 Å². The van der Waals surface area contributed by atoms with Gasteiger partial charge in [0, 0.05) is 6.92 Å². The van der Waals surface area contributed by atoms with E-state index < -0.39 is 24.3 Å². The highest BCUT2D eigenvalue weighted by Gasteiger charge is 2.36. The molecule has 1 aliphatic rings. The third-order valence-electron chi connectivity index (χ3n) is 3.62. The number of carbonyl (C=O) groups excluding carboxylic acids is 4. The molecule has 10 nitrogen and oxygen atoms in total. The third kappa shape index (κ3) is 3.58. The Labute approximate surface area is 147 Å². The lowest BCUT2D eigenvalue weighted by Gasteiger charge is -2.12. The summed E-state index contributed by atoms with van der Waals surface area (Å²) in [4.78, 5) is 52.1. The Morgan fingerprint density at radius 1 is 1.08 bits per heavy atom. The highest BCUT2D eigenvalue weighted by atomic mass is 16.5. The number of imide groups is 1. The number of hydrogen-bond donors (Lipinski definition) is 2. The van der Waals surface area contributed by atoms with Gasteiger partial charge in [-0.1, -0.05) is 17.3 Å². The summed E-state index contributed by atoms with van der Waals surface area (Å²) in [5.41, 5.74) is 0.567. The van der Waals surface area contributed by atoms with Crippen LogP contribution in [0.15, 0.2) is 28.8 Å². The van der Waals surface area contributed by atoms with Crippen molar-refractivity contribution in [1.82, 2.24) is 25.7 Å². The second kappa shape index (κ2) is 7.13. The van der Waals surface area contributed by atoms with Crippen LogP contribution < -0.4 is 10.6 Å². The van der Waals surface area contributed by atoms with E-state index in [0.29, 0.717) is 0 Å². The van der Waals surface area contributed by atoms with Crippen molar-refractivity contribution in [2.45, 2.75) is 20.0 Å². The van der Waals surface area contributed by atoms with Gasteiger partial charge in [0.05, 0.1) is 24.2 Å². The lowest BCUT2D eigenvalue weighted by Crippen LogP contribution is -2.40. The first-order chi connectivity index (χ1) is 12.5. The van der Waals surface area contributed by atoms with E-state index in [4.69, 9.17) is 4.52 Å². The minimum Gasteiger partial charge on any atom is -0.347 e. The van der Waals surface area contributed by atoms with Crippen molar-refractivity contribution in [2.75, 3.05) is 6.54 Å². The van der Waals surface area contributed by atoms with Crippen molar-refractivity contribution in [2.24, 2.45) is 0 Å². The van der Waals surface area contributed by atoms with Crippen molar-refractivity contribution >= 4 is 23.6 Å². The second-order valence-corrected chi connectivity index (χ2v) is 5.53. The Kier molecular flexibility index (Phi) is 4.74. The molecule has 3 rings (SSSR count). The zero-order valence-electron chi connectivity index (χ0n) is 13.8. The minimum absolute atomic E-state index is 0.0361. The predicted molar refractivity (Wildman–Crippen MR) is 85.5 cm³/mol. The summed E-state index contributed by atoms with van der Waals surface area (Å²) >= 11 is 0. The van der Waals surface area contributed by atoms with Crippen LogP contribution in [-0.4, -0.2) is 45.2 Å². The number of rotatable bonds is 6. The lowest BCUT2D eigenvalue weighted by molar-refractivity contribution is -0.121. The van der Waals surface area contributed by atoms with Gasteiger partial charge in [0.25, 0.3) is 11.8 Å². The van der Waals surface area contributed by atoms with Gasteiger partial charge >= 0.3 is 0 Å². The van der Waals surface area contributed by atoms with E-state index in [2.05, 4.69) is 20.8 Å². The zero-order valence-corrected chi connectivity index (χ0v) is 13.8. The molecule has 0 fully saturated rings. The fourth-order valence-corrected chi connectivity index (χ4v) is 2.39. The van der Waals surface area contributed by atoms with Gasteiger partial charge in [-0.3, -0.25) is 24.1 Å². The van der Waals surface area contributed by atoms with Crippen LogP contribution in [0.5, 0.6) is 0 Å². The zero-order chi connectivity index (χ0) is 18.7. The third-order valence-corrected chi connectivity index (χ3v) is 3.62. The molecular weight excluding hydrogens is 342 g/mol. The molecule has 26 heavy (non-hydrogen) atoms. The Morgan fingerprint density at radius 3 is 2.35 bits per heavy atom. The highest BCUT2D eigenvalue weighted by molar-refractivity contribution is 6.22. The molecule has 0 unspecified atom stereocenters. The number of hydrogen-bond acceptors (Lipinski definition) is 7. The fraction of sp³-hybridized carbons (Fsp3) is 0.250. The Hall–Kier alpha value is -3.56. The van der Waals surface area contributed by atoms with E-state index in [1.807, 2.05) is 0 Å². The Bertz CT molecular complexity index is 856. The first kappa shape index (κ1) is 17.3. The van der Waals surface area contributed by atoms with Gasteiger partial charge in [-0.2, -0.15) is 4.98 Å². The molecule has 4 amide bonds. The van der Waals surface area contributed by atoms with E-state index in [0.717, 1.165) is 4.90 Å². The van der Waals surface area contributed by atoms with Crippen LogP contribution in [0.3, 0.4) is 0 Å². The molecule has 1 aliphatic heterocycles. The summed E-state index contributed by atoms with van der Waals surface area (Å²) in [6.07, 6.45) is 0. The first-order valence-electron chi connectivity index (χ1n) is 7.73. The number of nitrogens with one attached hydrogen (secondary N) is 2. The molecule has 2 aromatic rings. The maximum atomic E-state index is 12.2. The SMILES string of the molecule is CC(=O)NCc1nc(CNC(=O)CN2C(=O)c3ccccc3C2=O)no1. The number of carbonyl (C=O) groups is 4. The van der Waals surface area contributed by atoms with Gasteiger partial charge in [-0.25, -0.2) is 0 Å². The normalized spacial score (nSPS) is 12.9. The maximum Gasteiger partial charge on any atom is 0.262 e. The summed E-state index contributed by atoms with van der Waals surface area (Å²) in [5.74, 6) is -1.37. The van der Waals surface area contributed by atoms with E-state index in [9.17, 15) is 19.2 Å². The van der Waals surface area contributed by atoms with Gasteiger partial charge in [0.15, 0.2) is 5.82 Å². The molecule has 0 radical (unpaired) electrons. The van der Waals surface area contributed by atoms with Gasteiger partial charge < -0.3 is 15.2 Å². The van der Waals surface area contributed by atoms with Crippen LogP contribution in [-0.2, 0) is 22.7 Å². The Morgan fingerprint density at radius 2 is 1.73 bits per heavy atom. The average molecular weight is 357 g/mol. The molecule has 0 saturated heterocycles. The quantitative estimate of drug-likeness (QED) is 0.673. The molecule has 0 aliphatic carbocycles. The molecule has 0 atom stereocenters. The highest BCUT2D eigenvalue weighted by Crippen LogP contribution is 2.21. The minimum atomic E-state index is -0.535. The molecule has 1 aromatic heterocycles. The fourth-order valence-electron chi connectivity index (χ4n) is 2.39. The van der Waals surface area contributed by atoms with Crippen molar-refractivity contribution in [3.8, 4) is 0 Å². The van der Waals surface area contributed by atoms with Crippen LogP contribution in [0.4, 0.5) is 0 Å². The molecule has 0 spiro atoms. The number of amides is 4. The number of benzene rings is 1. The van der Waals surface area contributed by atoms with Crippen LogP contribution >= 0.6 is 0 Å². The van der Waals surface area contributed by atoms with Crippen LogP contribution in [0, 0.1) is 0 Å². The lowest BCUT2D eigenvalue weighted by atomic mass is 10.1. The number of fused-ring (bicyclic) bond motifs is 1. The summed E-state index contributed by atoms with van der Waals surface area (Å²) in [6, 6.07) is 6.40. The predicted octanol–water partition coefficient (Wildman–Crippen LogP) is -0.382. The topological polar surface area (TPSA) is 134 Å². The van der Waals surface area contributed by atoms with Crippen molar-refractivity contribution in [3.63, 3.8) is 0 Å². The van der Waals surface area contributed by atoms with Gasteiger partial charge in [-0.15, -0.1) is 0 Å². The van der Waals surface area contributed by atoms with E-state index in [-0.39, 0.29) is 41.8 Å². The molecule has 2 heterocycles. The summed E-state index contributed by atoms with van der Waals surface area (Å²) in [7, 11) is 0. The van der Waals surface area contributed by atoms with E-state index >= 15 is 0 Å². The smallest absolute Gasteiger partial charge is 0.262 e. The summed E-state index contributed by atoms with van der Waals surface area (Å²) in [6.45, 7) is 1.01. The van der Waals surface area contributed by atoms with Gasteiger partial charge in [0.1, 0.15) is 6.54 Å². The van der Waals surface area contributed by atoms with E-state index in [1.54, 1.807) is 24.3 Å². The van der Waals surface area contributed by atoms with Crippen molar-refractivity contribution in [1.29, 1.82) is 0 Å². The number of aromatic nitrogens is 2. The molecular formula is C16H15N5O5. The standard InChI is InChI=1S/C16H15N5O5/c1-9(22)17-7-14-19-12(20-26-14)6-18-13(23)8-21-15(24)10-4-2-3-5-11(10)16(21)25/h2-5H,6-8H2,1H3,(H,17,22)(H,18,23). The maximum absolute atomic E-state index is 12.2. The van der Waals surface area contributed by atoms with Crippen LogP contribution in [0.1, 0.15) is 39.4 Å². The average Bonchev–Trinajstić information content (AvgIpc) is 3.17. The molecule has 1 aromatic carbocycles. The van der Waals surface area contributed by atoms with Crippen LogP contribution in [0.2, 0.25) is 0 Å². The van der Waals surface area contributed by atoms with Crippen molar-refractivity contribution in [3.05, 3.63) is 47.1 Å². The first-order valence-corrected chi connectivity index (χ1v) is 7.73. The molecule has 0 bridgehead atoms. The van der Waals surface area contributed by atoms with Crippen molar-refractivity contribution < 1.29 is 23.7 Å². The number of nitrogens with zero attached hydrogens (tertiary/aromatic N) is 3.